The van der Waals surface area contributed by atoms with E-state index in [1.165, 1.54) is 12.8 Å². The summed E-state index contributed by atoms with van der Waals surface area (Å²) in [6.45, 7) is 2.27. The Hall–Kier alpha value is -1.39. The smallest absolute Gasteiger partial charge is 0.239 e. The molecule has 4 heteroatoms. The summed E-state index contributed by atoms with van der Waals surface area (Å²) < 4.78 is 0. The van der Waals surface area contributed by atoms with Crippen LogP contribution in [0.1, 0.15) is 38.2 Å². The van der Waals surface area contributed by atoms with E-state index in [0.29, 0.717) is 12.6 Å². The van der Waals surface area contributed by atoms with Crippen molar-refractivity contribution in [3.63, 3.8) is 0 Å². The van der Waals surface area contributed by atoms with Gasteiger partial charge in [0.2, 0.25) is 5.91 Å². The average molecular weight is 262 g/mol. The van der Waals surface area contributed by atoms with Gasteiger partial charge in [-0.05, 0) is 25.3 Å². The van der Waals surface area contributed by atoms with Gasteiger partial charge in [0.05, 0.1) is 6.61 Å². The molecule has 1 aromatic carbocycles. The number of hydrogen-bond acceptors (Lipinski definition) is 3. The van der Waals surface area contributed by atoms with Crippen LogP contribution in [0.2, 0.25) is 0 Å². The average Bonchev–Trinajstić information content (AvgIpc) is 2.92. The van der Waals surface area contributed by atoms with Crippen molar-refractivity contribution >= 4 is 5.91 Å². The molecule has 104 valence electrons. The highest BCUT2D eigenvalue weighted by molar-refractivity contribution is 5.81. The van der Waals surface area contributed by atoms with Crippen LogP contribution in [-0.2, 0) is 16.2 Å². The maximum absolute atomic E-state index is 11.9. The summed E-state index contributed by atoms with van der Waals surface area (Å²) >= 11 is 0. The van der Waals surface area contributed by atoms with Crippen LogP contribution in [0.3, 0.4) is 0 Å². The van der Waals surface area contributed by atoms with E-state index >= 15 is 0 Å². The van der Waals surface area contributed by atoms with Gasteiger partial charge in [-0.2, -0.15) is 5.48 Å². The first kappa shape index (κ1) is 14.0. The number of rotatable bonds is 6. The Labute approximate surface area is 114 Å². The summed E-state index contributed by atoms with van der Waals surface area (Å²) in [6, 6.07) is 9.91. The van der Waals surface area contributed by atoms with E-state index in [1.54, 1.807) is 0 Å². The molecule has 2 N–H and O–H groups in total. The number of benzene rings is 1. The maximum atomic E-state index is 11.9. The molecule has 0 bridgehead atoms. The molecule has 1 atom stereocenters. The van der Waals surface area contributed by atoms with Crippen molar-refractivity contribution < 1.29 is 9.63 Å². The third kappa shape index (κ3) is 4.65. The molecule has 0 saturated heterocycles. The first-order chi connectivity index (χ1) is 9.25. The fourth-order valence-electron chi connectivity index (χ4n) is 2.27. The number of hydrogen-bond donors (Lipinski definition) is 2. The molecule has 1 fully saturated rings. The molecule has 1 saturated carbocycles. The molecule has 0 heterocycles. The van der Waals surface area contributed by atoms with Gasteiger partial charge in [-0.3, -0.25) is 9.63 Å². The van der Waals surface area contributed by atoms with Crippen molar-refractivity contribution in [1.29, 1.82) is 0 Å². The normalized spacial score (nSPS) is 17.3. The highest BCUT2D eigenvalue weighted by atomic mass is 16.6. The first-order valence-corrected chi connectivity index (χ1v) is 6.97. The molecular formula is C15H22N2O2. The summed E-state index contributed by atoms with van der Waals surface area (Å²) in [5, 5.41) is 3.05. The van der Waals surface area contributed by atoms with Gasteiger partial charge in [0.25, 0.3) is 0 Å². The first-order valence-electron chi connectivity index (χ1n) is 6.97. The van der Waals surface area contributed by atoms with Crippen molar-refractivity contribution in [3.05, 3.63) is 35.9 Å². The molecule has 0 spiro atoms. The Balaban J connectivity index is 1.65. The van der Waals surface area contributed by atoms with Crippen LogP contribution in [-0.4, -0.2) is 18.0 Å². The molecular weight excluding hydrogens is 240 g/mol. The minimum atomic E-state index is -0.329. The van der Waals surface area contributed by atoms with Gasteiger partial charge in [0, 0.05) is 6.04 Å². The van der Waals surface area contributed by atoms with Crippen molar-refractivity contribution in [2.45, 2.75) is 51.3 Å². The summed E-state index contributed by atoms with van der Waals surface area (Å²) in [7, 11) is 0. The van der Waals surface area contributed by atoms with Crippen LogP contribution >= 0.6 is 0 Å². The minimum Gasteiger partial charge on any atom is -0.352 e. The molecule has 0 radical (unpaired) electrons. The topological polar surface area (TPSA) is 50.4 Å². The predicted octanol–water partition coefficient (Wildman–Crippen LogP) is 2.16. The molecule has 1 aliphatic carbocycles. The van der Waals surface area contributed by atoms with E-state index in [4.69, 9.17) is 4.84 Å². The number of carbonyl (C=O) groups is 1. The van der Waals surface area contributed by atoms with Gasteiger partial charge in [-0.1, -0.05) is 43.2 Å². The van der Waals surface area contributed by atoms with Gasteiger partial charge < -0.3 is 5.32 Å². The summed E-state index contributed by atoms with van der Waals surface area (Å²) in [4.78, 5) is 17.2. The SMILES string of the molecule is CC(NOCc1ccccc1)C(=O)NC1CCCC1. The monoisotopic (exact) mass is 262 g/mol. The van der Waals surface area contributed by atoms with Crippen LogP contribution in [0, 0.1) is 0 Å². The Bertz CT molecular complexity index is 388. The molecule has 19 heavy (non-hydrogen) atoms. The third-order valence-corrected chi connectivity index (χ3v) is 3.44. The van der Waals surface area contributed by atoms with Crippen molar-refractivity contribution in [2.24, 2.45) is 0 Å². The zero-order valence-corrected chi connectivity index (χ0v) is 11.4. The molecule has 1 unspecified atom stereocenters. The number of amides is 1. The van der Waals surface area contributed by atoms with Gasteiger partial charge >= 0.3 is 0 Å². The molecule has 0 aromatic heterocycles. The fraction of sp³-hybridized carbons (Fsp3) is 0.533. The predicted molar refractivity (Wildman–Crippen MR) is 74.2 cm³/mol. The lowest BCUT2D eigenvalue weighted by molar-refractivity contribution is -0.127. The molecule has 4 nitrogen and oxygen atoms in total. The lowest BCUT2D eigenvalue weighted by atomic mass is 10.2. The van der Waals surface area contributed by atoms with E-state index in [1.807, 2.05) is 37.3 Å². The molecule has 1 amide bonds. The fourth-order valence-corrected chi connectivity index (χ4v) is 2.27. The van der Waals surface area contributed by atoms with Crippen LogP contribution in [0.25, 0.3) is 0 Å². The number of hydroxylamine groups is 1. The zero-order chi connectivity index (χ0) is 13.5. The number of carbonyl (C=O) groups excluding carboxylic acids is 1. The van der Waals surface area contributed by atoms with Crippen LogP contribution in [0.15, 0.2) is 30.3 Å². The Kier molecular flexibility index (Phi) is 5.36. The van der Waals surface area contributed by atoms with E-state index in [0.717, 1.165) is 18.4 Å². The Morgan fingerprint density at radius 2 is 2.00 bits per heavy atom. The lowest BCUT2D eigenvalue weighted by Gasteiger charge is -2.17. The van der Waals surface area contributed by atoms with Crippen molar-refractivity contribution in [2.75, 3.05) is 0 Å². The zero-order valence-electron chi connectivity index (χ0n) is 11.4. The van der Waals surface area contributed by atoms with E-state index in [2.05, 4.69) is 10.8 Å². The summed E-state index contributed by atoms with van der Waals surface area (Å²) in [5.74, 6) is 0.0139. The van der Waals surface area contributed by atoms with Gasteiger partial charge in [-0.15, -0.1) is 0 Å². The van der Waals surface area contributed by atoms with Crippen molar-refractivity contribution in [1.82, 2.24) is 10.8 Å². The maximum Gasteiger partial charge on any atom is 0.239 e. The Morgan fingerprint density at radius 3 is 2.68 bits per heavy atom. The number of nitrogens with one attached hydrogen (secondary N) is 2. The lowest BCUT2D eigenvalue weighted by Crippen LogP contribution is -2.45. The second kappa shape index (κ2) is 7.26. The second-order valence-corrected chi connectivity index (χ2v) is 5.10. The molecule has 1 aliphatic rings. The minimum absolute atomic E-state index is 0.0139. The van der Waals surface area contributed by atoms with E-state index in [9.17, 15) is 4.79 Å². The van der Waals surface area contributed by atoms with Gasteiger partial charge in [0.15, 0.2) is 0 Å². The largest absolute Gasteiger partial charge is 0.352 e. The molecule has 2 rings (SSSR count). The van der Waals surface area contributed by atoms with Gasteiger partial charge in [0.1, 0.15) is 6.04 Å². The van der Waals surface area contributed by atoms with E-state index in [-0.39, 0.29) is 11.9 Å². The van der Waals surface area contributed by atoms with Crippen LogP contribution < -0.4 is 10.8 Å². The summed E-state index contributed by atoms with van der Waals surface area (Å²) in [5.41, 5.74) is 3.87. The Morgan fingerprint density at radius 1 is 1.32 bits per heavy atom. The second-order valence-electron chi connectivity index (χ2n) is 5.10. The quantitative estimate of drug-likeness (QED) is 0.772. The van der Waals surface area contributed by atoms with Crippen molar-refractivity contribution in [3.8, 4) is 0 Å². The van der Waals surface area contributed by atoms with Crippen LogP contribution in [0.5, 0.6) is 0 Å². The summed E-state index contributed by atoms with van der Waals surface area (Å²) in [6.07, 6.45) is 4.64. The molecule has 0 aliphatic heterocycles. The van der Waals surface area contributed by atoms with Gasteiger partial charge in [-0.25, -0.2) is 0 Å². The van der Waals surface area contributed by atoms with Crippen LogP contribution in [0.4, 0.5) is 0 Å². The third-order valence-electron chi connectivity index (χ3n) is 3.44. The highest BCUT2D eigenvalue weighted by Crippen LogP contribution is 2.17. The standard InChI is InChI=1S/C15H22N2O2/c1-12(15(18)16-14-9-5-6-10-14)17-19-11-13-7-3-2-4-8-13/h2-4,7-8,12,14,17H,5-6,9-11H2,1H3,(H,16,18). The molecule has 1 aromatic rings. The highest BCUT2D eigenvalue weighted by Gasteiger charge is 2.20. The van der Waals surface area contributed by atoms with E-state index < -0.39 is 0 Å².